The maximum Gasteiger partial charge on any atom is 0.200 e. The highest BCUT2D eigenvalue weighted by atomic mass is 16.3. The Labute approximate surface area is 92.5 Å². The Kier molecular flexibility index (Phi) is 3.25. The van der Waals surface area contributed by atoms with Gasteiger partial charge in [0.25, 0.3) is 0 Å². The van der Waals surface area contributed by atoms with Crippen molar-refractivity contribution in [3.63, 3.8) is 0 Å². The van der Waals surface area contributed by atoms with E-state index in [1.165, 1.54) is 4.63 Å². The van der Waals surface area contributed by atoms with Gasteiger partial charge in [0.1, 0.15) is 5.82 Å². The second-order valence-electron chi connectivity index (χ2n) is 3.74. The summed E-state index contributed by atoms with van der Waals surface area (Å²) >= 11 is 0. The standard InChI is InChI=1S/C9H14N6O/c1-7(4-5-16)6-10-8-2-3-9-11-13-14-15(9)12-8/h2-3,7,16H,4-6H2,1H3,(H,10,12). The predicted molar refractivity (Wildman–Crippen MR) is 57.9 cm³/mol. The highest BCUT2D eigenvalue weighted by Crippen LogP contribution is 2.06. The van der Waals surface area contributed by atoms with Crippen LogP contribution < -0.4 is 5.32 Å². The van der Waals surface area contributed by atoms with E-state index in [-0.39, 0.29) is 6.61 Å². The van der Waals surface area contributed by atoms with Crippen molar-refractivity contribution in [2.24, 2.45) is 5.92 Å². The van der Waals surface area contributed by atoms with Crippen LogP contribution in [0.1, 0.15) is 13.3 Å². The second-order valence-corrected chi connectivity index (χ2v) is 3.74. The lowest BCUT2D eigenvalue weighted by Crippen LogP contribution is -2.14. The Morgan fingerprint density at radius 2 is 2.38 bits per heavy atom. The zero-order valence-corrected chi connectivity index (χ0v) is 9.04. The molecule has 0 fully saturated rings. The summed E-state index contributed by atoms with van der Waals surface area (Å²) in [5.41, 5.74) is 0.619. The van der Waals surface area contributed by atoms with Crippen LogP contribution in [0.3, 0.4) is 0 Å². The molecule has 2 aromatic rings. The Bertz CT molecular complexity index is 456. The van der Waals surface area contributed by atoms with Crippen molar-refractivity contribution in [3.05, 3.63) is 12.1 Å². The monoisotopic (exact) mass is 222 g/mol. The molecular weight excluding hydrogens is 208 g/mol. The zero-order chi connectivity index (χ0) is 11.4. The fourth-order valence-electron chi connectivity index (χ4n) is 1.35. The maximum absolute atomic E-state index is 8.77. The molecule has 0 amide bonds. The molecule has 86 valence electrons. The highest BCUT2D eigenvalue weighted by Gasteiger charge is 2.03. The SMILES string of the molecule is CC(CCO)CNc1ccc2nnnn2n1. The van der Waals surface area contributed by atoms with E-state index in [2.05, 4.69) is 32.9 Å². The molecule has 2 rings (SSSR count). The van der Waals surface area contributed by atoms with Crippen molar-refractivity contribution in [1.82, 2.24) is 25.3 Å². The Morgan fingerprint density at radius 1 is 1.50 bits per heavy atom. The first kappa shape index (κ1) is 10.7. The van der Waals surface area contributed by atoms with Crippen LogP contribution in [0.4, 0.5) is 5.82 Å². The van der Waals surface area contributed by atoms with Gasteiger partial charge < -0.3 is 10.4 Å². The van der Waals surface area contributed by atoms with Crippen LogP contribution in [0.25, 0.3) is 5.65 Å². The fraction of sp³-hybridized carbons (Fsp3) is 0.556. The molecule has 0 bridgehead atoms. The van der Waals surface area contributed by atoms with Crippen LogP contribution in [0, 0.1) is 5.92 Å². The predicted octanol–water partition coefficient (Wildman–Crippen LogP) is -0.0503. The van der Waals surface area contributed by atoms with Gasteiger partial charge >= 0.3 is 0 Å². The molecule has 1 unspecified atom stereocenters. The molecule has 2 N–H and O–H groups in total. The zero-order valence-electron chi connectivity index (χ0n) is 9.04. The molecule has 0 aliphatic carbocycles. The third-order valence-electron chi connectivity index (χ3n) is 2.32. The van der Waals surface area contributed by atoms with E-state index >= 15 is 0 Å². The van der Waals surface area contributed by atoms with Crippen LogP contribution in [0.2, 0.25) is 0 Å². The summed E-state index contributed by atoms with van der Waals surface area (Å²) < 4.78 is 1.37. The summed E-state index contributed by atoms with van der Waals surface area (Å²) in [4.78, 5) is 0. The summed E-state index contributed by atoms with van der Waals surface area (Å²) in [5, 5.41) is 27.1. The Morgan fingerprint density at radius 3 is 3.19 bits per heavy atom. The van der Waals surface area contributed by atoms with Crippen molar-refractivity contribution in [2.75, 3.05) is 18.5 Å². The van der Waals surface area contributed by atoms with Crippen molar-refractivity contribution in [3.8, 4) is 0 Å². The number of nitrogens with one attached hydrogen (secondary N) is 1. The lowest BCUT2D eigenvalue weighted by molar-refractivity contribution is 0.266. The summed E-state index contributed by atoms with van der Waals surface area (Å²) in [5.74, 6) is 1.13. The largest absolute Gasteiger partial charge is 0.396 e. The molecule has 0 aromatic carbocycles. The van der Waals surface area contributed by atoms with Gasteiger partial charge in [-0.3, -0.25) is 0 Å². The van der Waals surface area contributed by atoms with Crippen molar-refractivity contribution >= 4 is 11.5 Å². The quantitative estimate of drug-likeness (QED) is 0.737. The van der Waals surface area contributed by atoms with Gasteiger partial charge in [0.05, 0.1) is 0 Å². The van der Waals surface area contributed by atoms with Crippen molar-refractivity contribution < 1.29 is 5.11 Å². The Hall–Kier alpha value is -1.76. The molecule has 1 atom stereocenters. The molecule has 0 radical (unpaired) electrons. The fourth-order valence-corrected chi connectivity index (χ4v) is 1.35. The van der Waals surface area contributed by atoms with E-state index in [9.17, 15) is 0 Å². The number of rotatable bonds is 5. The first-order valence-corrected chi connectivity index (χ1v) is 5.20. The minimum atomic E-state index is 0.211. The van der Waals surface area contributed by atoms with E-state index in [0.29, 0.717) is 11.6 Å². The molecule has 0 saturated heterocycles. The van der Waals surface area contributed by atoms with Crippen LogP contribution in [-0.2, 0) is 0 Å². The first-order valence-electron chi connectivity index (χ1n) is 5.20. The number of hydrogen-bond acceptors (Lipinski definition) is 6. The van der Waals surface area contributed by atoms with E-state index in [4.69, 9.17) is 5.11 Å². The molecule has 2 heterocycles. The van der Waals surface area contributed by atoms with E-state index < -0.39 is 0 Å². The number of nitrogens with zero attached hydrogens (tertiary/aromatic N) is 5. The molecule has 0 saturated carbocycles. The van der Waals surface area contributed by atoms with Gasteiger partial charge in [0, 0.05) is 13.2 Å². The number of tetrazole rings is 1. The summed E-state index contributed by atoms with van der Waals surface area (Å²) in [6, 6.07) is 3.63. The summed E-state index contributed by atoms with van der Waals surface area (Å²) in [7, 11) is 0. The Balaban J connectivity index is 1.98. The maximum atomic E-state index is 8.77. The minimum Gasteiger partial charge on any atom is -0.396 e. The van der Waals surface area contributed by atoms with E-state index in [1.807, 2.05) is 6.07 Å². The molecule has 0 aliphatic rings. The number of aromatic nitrogens is 5. The number of aliphatic hydroxyl groups excluding tert-OH is 1. The number of fused-ring (bicyclic) bond motifs is 1. The van der Waals surface area contributed by atoms with Gasteiger partial charge in [-0.25, -0.2) is 0 Å². The van der Waals surface area contributed by atoms with Crippen molar-refractivity contribution in [2.45, 2.75) is 13.3 Å². The molecule has 0 aliphatic heterocycles. The average Bonchev–Trinajstić information content (AvgIpc) is 2.74. The van der Waals surface area contributed by atoms with Crippen LogP contribution in [-0.4, -0.2) is 43.5 Å². The van der Waals surface area contributed by atoms with Gasteiger partial charge in [-0.1, -0.05) is 6.92 Å². The van der Waals surface area contributed by atoms with E-state index in [0.717, 1.165) is 18.8 Å². The molecule has 7 nitrogen and oxygen atoms in total. The third kappa shape index (κ3) is 2.43. The summed E-state index contributed by atoms with van der Waals surface area (Å²) in [6.07, 6.45) is 0.778. The molecule has 0 spiro atoms. The number of hydrogen-bond donors (Lipinski definition) is 2. The highest BCUT2D eigenvalue weighted by molar-refractivity contribution is 5.41. The van der Waals surface area contributed by atoms with Gasteiger partial charge in [0.15, 0.2) is 5.65 Å². The van der Waals surface area contributed by atoms with Gasteiger partial charge in [0.2, 0.25) is 0 Å². The second kappa shape index (κ2) is 4.84. The smallest absolute Gasteiger partial charge is 0.200 e. The number of anilines is 1. The van der Waals surface area contributed by atoms with Crippen LogP contribution in [0.5, 0.6) is 0 Å². The normalized spacial score (nSPS) is 12.9. The molecule has 16 heavy (non-hydrogen) atoms. The van der Waals surface area contributed by atoms with E-state index in [1.54, 1.807) is 6.07 Å². The van der Waals surface area contributed by atoms with Gasteiger partial charge in [-0.15, -0.1) is 14.8 Å². The van der Waals surface area contributed by atoms with Crippen LogP contribution in [0.15, 0.2) is 12.1 Å². The minimum absolute atomic E-state index is 0.211. The van der Waals surface area contributed by atoms with Crippen LogP contribution >= 0.6 is 0 Å². The summed E-state index contributed by atoms with van der Waals surface area (Å²) in [6.45, 7) is 3.04. The third-order valence-corrected chi connectivity index (χ3v) is 2.32. The number of aliphatic hydroxyl groups is 1. The van der Waals surface area contributed by atoms with Crippen molar-refractivity contribution in [1.29, 1.82) is 0 Å². The first-order chi connectivity index (χ1) is 7.79. The lowest BCUT2D eigenvalue weighted by atomic mass is 10.1. The average molecular weight is 222 g/mol. The topological polar surface area (TPSA) is 88.2 Å². The van der Waals surface area contributed by atoms with Gasteiger partial charge in [-0.2, -0.15) is 0 Å². The van der Waals surface area contributed by atoms with Gasteiger partial charge in [-0.05, 0) is 34.9 Å². The molecular formula is C9H14N6O. The molecule has 2 aromatic heterocycles. The lowest BCUT2D eigenvalue weighted by Gasteiger charge is -2.10. The molecule has 7 heteroatoms.